The Bertz CT molecular complexity index is 999. The van der Waals surface area contributed by atoms with Crippen LogP contribution in [0.3, 0.4) is 0 Å². The van der Waals surface area contributed by atoms with Crippen molar-refractivity contribution < 1.29 is 14.7 Å². The number of nitrogens with zero attached hydrogens (tertiary/aromatic N) is 2. The van der Waals surface area contributed by atoms with Gasteiger partial charge in [-0.15, -0.1) is 0 Å². The highest BCUT2D eigenvalue weighted by molar-refractivity contribution is 6.34. The van der Waals surface area contributed by atoms with Crippen LogP contribution in [0.4, 0.5) is 11.4 Å². The second kappa shape index (κ2) is 8.52. The first kappa shape index (κ1) is 19.5. The molecule has 27 heavy (non-hydrogen) atoms. The van der Waals surface area contributed by atoms with Crippen molar-refractivity contribution in [3.05, 3.63) is 75.7 Å². The lowest BCUT2D eigenvalue weighted by molar-refractivity contribution is -0.111. The molecular weight excluding hydrogens is 368 g/mol. The summed E-state index contributed by atoms with van der Waals surface area (Å²) < 4.78 is 0. The molecule has 0 spiro atoms. The van der Waals surface area contributed by atoms with Crippen molar-refractivity contribution >= 4 is 34.8 Å². The van der Waals surface area contributed by atoms with Gasteiger partial charge in [0.1, 0.15) is 5.75 Å². The number of anilines is 2. The van der Waals surface area contributed by atoms with Crippen molar-refractivity contribution in [2.45, 2.75) is 6.92 Å². The third-order valence-corrected chi connectivity index (χ3v) is 3.72. The molecule has 0 saturated carbocycles. The molecule has 0 aliphatic heterocycles. The van der Waals surface area contributed by atoms with Crippen LogP contribution in [0.2, 0.25) is 5.02 Å². The third kappa shape index (κ3) is 5.08. The standard InChI is InChI=1S/C19H13ClN4O3/c1-11-3-5-12(6-4-11)19(27)24-16-8-14(20)15(9-17(16)25)23-18(26)7-13(10-21)22-2/h3-9,25H,1H3,(H,23,26)(H,24,27)/b13-7+. The Kier molecular flexibility index (Phi) is 6.16. The van der Waals surface area contributed by atoms with E-state index < -0.39 is 17.5 Å². The van der Waals surface area contributed by atoms with E-state index in [1.54, 1.807) is 30.3 Å². The van der Waals surface area contributed by atoms with Gasteiger partial charge in [0.15, 0.2) is 0 Å². The highest BCUT2D eigenvalue weighted by Gasteiger charge is 2.13. The van der Waals surface area contributed by atoms with Gasteiger partial charge in [-0.1, -0.05) is 29.3 Å². The number of hydrogen-bond donors (Lipinski definition) is 3. The maximum Gasteiger partial charge on any atom is 0.267 e. The van der Waals surface area contributed by atoms with Crippen molar-refractivity contribution in [2.24, 2.45) is 0 Å². The molecule has 3 N–H and O–H groups in total. The number of hydrogen-bond acceptors (Lipinski definition) is 4. The first-order chi connectivity index (χ1) is 12.8. The SMILES string of the molecule is [C-]#[N+]/C(C#N)=C/C(=O)Nc1cc(O)c(NC(=O)c2ccc(C)cc2)cc1Cl. The molecule has 0 fully saturated rings. The maximum absolute atomic E-state index is 12.2. The number of carbonyl (C=O) groups is 2. The minimum Gasteiger partial charge on any atom is -0.506 e. The summed E-state index contributed by atoms with van der Waals surface area (Å²) in [6, 6.07) is 10.9. The van der Waals surface area contributed by atoms with Crippen LogP contribution >= 0.6 is 11.6 Å². The fourth-order valence-corrected chi connectivity index (χ4v) is 2.25. The van der Waals surface area contributed by atoms with Crippen LogP contribution in [0, 0.1) is 24.8 Å². The number of phenols is 1. The van der Waals surface area contributed by atoms with Crippen molar-refractivity contribution in [1.82, 2.24) is 0 Å². The molecule has 2 aromatic carbocycles. The van der Waals surface area contributed by atoms with E-state index in [1.807, 2.05) is 6.92 Å². The van der Waals surface area contributed by atoms with Gasteiger partial charge >= 0.3 is 0 Å². The normalized spacial score (nSPS) is 10.4. The predicted octanol–water partition coefficient (Wildman–Crippen LogP) is 3.87. The number of benzene rings is 2. The van der Waals surface area contributed by atoms with Gasteiger partial charge in [0.2, 0.25) is 5.91 Å². The molecule has 0 aromatic heterocycles. The summed E-state index contributed by atoms with van der Waals surface area (Å²) in [5.41, 5.74) is 1.14. The highest BCUT2D eigenvalue weighted by Crippen LogP contribution is 2.34. The van der Waals surface area contributed by atoms with Gasteiger partial charge in [-0.05, 0) is 25.1 Å². The molecule has 2 aromatic rings. The lowest BCUT2D eigenvalue weighted by Crippen LogP contribution is -2.13. The van der Waals surface area contributed by atoms with Crippen molar-refractivity contribution in [1.29, 1.82) is 5.26 Å². The van der Waals surface area contributed by atoms with Gasteiger partial charge in [-0.2, -0.15) is 0 Å². The largest absolute Gasteiger partial charge is 0.506 e. The number of amides is 2. The van der Waals surface area contributed by atoms with E-state index in [-0.39, 0.29) is 22.1 Å². The Morgan fingerprint density at radius 3 is 2.48 bits per heavy atom. The average molecular weight is 381 g/mol. The van der Waals surface area contributed by atoms with Crippen LogP contribution in [0.25, 0.3) is 4.85 Å². The maximum atomic E-state index is 12.2. The van der Waals surface area contributed by atoms with E-state index in [2.05, 4.69) is 15.5 Å². The van der Waals surface area contributed by atoms with E-state index >= 15 is 0 Å². The van der Waals surface area contributed by atoms with E-state index in [9.17, 15) is 14.7 Å². The molecule has 134 valence electrons. The van der Waals surface area contributed by atoms with E-state index in [0.717, 1.165) is 17.7 Å². The van der Waals surface area contributed by atoms with Crippen molar-refractivity contribution in [3.8, 4) is 11.8 Å². The predicted molar refractivity (Wildman–Crippen MR) is 101 cm³/mol. The Hall–Kier alpha value is -3.81. The summed E-state index contributed by atoms with van der Waals surface area (Å²) in [4.78, 5) is 26.9. The second-order valence-electron chi connectivity index (χ2n) is 5.41. The molecule has 2 rings (SSSR count). The molecule has 0 bridgehead atoms. The minimum absolute atomic E-state index is 0.0510. The summed E-state index contributed by atoms with van der Waals surface area (Å²) in [7, 11) is 0. The summed E-state index contributed by atoms with van der Waals surface area (Å²) in [5, 5.41) is 23.7. The van der Waals surface area contributed by atoms with Crippen LogP contribution in [-0.2, 0) is 4.79 Å². The Morgan fingerprint density at radius 2 is 1.89 bits per heavy atom. The summed E-state index contributed by atoms with van der Waals surface area (Å²) in [6.07, 6.45) is 0.813. The lowest BCUT2D eigenvalue weighted by Gasteiger charge is -2.11. The number of nitrogens with one attached hydrogen (secondary N) is 2. The van der Waals surface area contributed by atoms with E-state index in [1.165, 1.54) is 6.07 Å². The average Bonchev–Trinajstić information content (AvgIpc) is 2.64. The van der Waals surface area contributed by atoms with Gasteiger partial charge in [0.05, 0.1) is 29.0 Å². The number of halogens is 1. The molecule has 0 aliphatic carbocycles. The monoisotopic (exact) mass is 380 g/mol. The molecule has 0 radical (unpaired) electrons. The van der Waals surface area contributed by atoms with Gasteiger partial charge in [0.25, 0.3) is 11.6 Å². The van der Waals surface area contributed by atoms with Crippen LogP contribution in [-0.4, -0.2) is 16.9 Å². The number of allylic oxidation sites excluding steroid dienone is 1. The zero-order chi connectivity index (χ0) is 20.0. The van der Waals surface area contributed by atoms with Crippen LogP contribution in [0.5, 0.6) is 5.75 Å². The van der Waals surface area contributed by atoms with Gasteiger partial charge < -0.3 is 15.7 Å². The van der Waals surface area contributed by atoms with Crippen molar-refractivity contribution in [2.75, 3.05) is 10.6 Å². The van der Waals surface area contributed by atoms with Crippen molar-refractivity contribution in [3.63, 3.8) is 0 Å². The van der Waals surface area contributed by atoms with Gasteiger partial charge in [0, 0.05) is 17.7 Å². The molecule has 0 aliphatic rings. The van der Waals surface area contributed by atoms with Gasteiger partial charge in [-0.3, -0.25) is 9.59 Å². The van der Waals surface area contributed by atoms with E-state index in [4.69, 9.17) is 23.4 Å². The molecule has 2 amide bonds. The first-order valence-electron chi connectivity index (χ1n) is 7.55. The molecule has 0 atom stereocenters. The zero-order valence-electron chi connectivity index (χ0n) is 14.1. The molecule has 0 unspecified atom stereocenters. The second-order valence-corrected chi connectivity index (χ2v) is 5.82. The zero-order valence-corrected chi connectivity index (χ0v) is 14.8. The number of aryl methyl sites for hydroxylation is 1. The quantitative estimate of drug-likeness (QED) is 0.324. The third-order valence-electron chi connectivity index (χ3n) is 3.41. The minimum atomic E-state index is -0.750. The fraction of sp³-hybridized carbons (Fsp3) is 0.0526. The highest BCUT2D eigenvalue weighted by atomic mass is 35.5. The summed E-state index contributed by atoms with van der Waals surface area (Å²) in [6.45, 7) is 8.63. The summed E-state index contributed by atoms with van der Waals surface area (Å²) in [5.74, 6) is -1.50. The van der Waals surface area contributed by atoms with Crippen LogP contribution < -0.4 is 10.6 Å². The summed E-state index contributed by atoms with van der Waals surface area (Å²) >= 11 is 6.08. The topological polar surface area (TPSA) is 107 Å². The molecule has 0 saturated heterocycles. The Balaban J connectivity index is 2.19. The van der Waals surface area contributed by atoms with Crippen LogP contribution in [0.15, 0.2) is 48.2 Å². The number of carbonyl (C=O) groups excluding carboxylic acids is 2. The smallest absolute Gasteiger partial charge is 0.267 e. The Labute approximate surface area is 160 Å². The first-order valence-corrected chi connectivity index (χ1v) is 7.92. The van der Waals surface area contributed by atoms with Crippen LogP contribution in [0.1, 0.15) is 15.9 Å². The number of nitriles is 1. The molecule has 8 heteroatoms. The van der Waals surface area contributed by atoms with E-state index in [0.29, 0.717) is 5.56 Å². The number of phenolic OH excluding ortho intramolecular Hbond substituents is 1. The fourth-order valence-electron chi connectivity index (χ4n) is 2.04. The Morgan fingerprint density at radius 1 is 1.22 bits per heavy atom. The molecular formula is C19H13ClN4O3. The van der Waals surface area contributed by atoms with Gasteiger partial charge in [-0.25, -0.2) is 10.1 Å². The number of aromatic hydroxyl groups is 1. The lowest BCUT2D eigenvalue weighted by atomic mass is 10.1. The number of rotatable bonds is 4. The molecule has 7 nitrogen and oxygen atoms in total. The molecule has 0 heterocycles.